The van der Waals surface area contributed by atoms with Crippen LogP contribution < -0.4 is 5.32 Å². The van der Waals surface area contributed by atoms with E-state index in [1.165, 1.54) is 0 Å². The van der Waals surface area contributed by atoms with Gasteiger partial charge >= 0.3 is 0 Å². The van der Waals surface area contributed by atoms with Crippen molar-refractivity contribution in [2.45, 2.75) is 39.7 Å². The van der Waals surface area contributed by atoms with Crippen molar-refractivity contribution < 1.29 is 9.32 Å². The maximum Gasteiger partial charge on any atom is 0.249 e. The molecule has 122 valence electrons. The van der Waals surface area contributed by atoms with E-state index in [1.807, 2.05) is 39.0 Å². The molecule has 1 amide bonds. The molecule has 1 aliphatic rings. The summed E-state index contributed by atoms with van der Waals surface area (Å²) in [6, 6.07) is 5.37. The van der Waals surface area contributed by atoms with Gasteiger partial charge < -0.3 is 9.84 Å². The zero-order chi connectivity index (χ0) is 16.6. The lowest BCUT2D eigenvalue weighted by Crippen LogP contribution is -2.33. The number of aromatic nitrogens is 2. The molecule has 3 rings (SSSR count). The van der Waals surface area contributed by atoms with E-state index >= 15 is 0 Å². The summed E-state index contributed by atoms with van der Waals surface area (Å²) >= 11 is 6.15. The lowest BCUT2D eigenvalue weighted by Gasteiger charge is -2.18. The first-order chi connectivity index (χ1) is 11.0. The SMILES string of the molecule is Cc1ccc(-c2noc([C@H](NC(=O)C3CC3)C(C)C)n2)cc1Cl. The lowest BCUT2D eigenvalue weighted by molar-refractivity contribution is -0.123. The van der Waals surface area contributed by atoms with Crippen LogP contribution in [-0.2, 0) is 4.79 Å². The molecule has 1 aromatic carbocycles. The summed E-state index contributed by atoms with van der Waals surface area (Å²) in [4.78, 5) is 16.5. The van der Waals surface area contributed by atoms with Crippen molar-refractivity contribution in [3.63, 3.8) is 0 Å². The number of nitrogens with zero attached hydrogens (tertiary/aromatic N) is 2. The van der Waals surface area contributed by atoms with Crippen LogP contribution in [0.3, 0.4) is 0 Å². The van der Waals surface area contributed by atoms with Gasteiger partial charge in [0.15, 0.2) is 0 Å². The van der Waals surface area contributed by atoms with E-state index in [1.54, 1.807) is 0 Å². The fraction of sp³-hybridized carbons (Fsp3) is 0.471. The highest BCUT2D eigenvalue weighted by atomic mass is 35.5. The van der Waals surface area contributed by atoms with Gasteiger partial charge in [0.05, 0.1) is 0 Å². The lowest BCUT2D eigenvalue weighted by atomic mass is 10.0. The smallest absolute Gasteiger partial charge is 0.249 e. The Hall–Kier alpha value is -1.88. The molecular weight excluding hydrogens is 314 g/mol. The van der Waals surface area contributed by atoms with Gasteiger partial charge in [-0.2, -0.15) is 4.98 Å². The highest BCUT2D eigenvalue weighted by molar-refractivity contribution is 6.31. The number of rotatable bonds is 5. The highest BCUT2D eigenvalue weighted by Crippen LogP contribution is 2.31. The van der Waals surface area contributed by atoms with Gasteiger partial charge in [0, 0.05) is 16.5 Å². The normalized spacial score (nSPS) is 15.7. The summed E-state index contributed by atoms with van der Waals surface area (Å²) in [5.41, 5.74) is 1.79. The third-order valence-corrected chi connectivity index (χ3v) is 4.46. The number of carbonyl (C=O) groups excluding carboxylic acids is 1. The number of benzene rings is 1. The molecule has 1 saturated carbocycles. The van der Waals surface area contributed by atoms with Crippen molar-refractivity contribution in [3.8, 4) is 11.4 Å². The second-order valence-corrected chi connectivity index (χ2v) is 6.83. The monoisotopic (exact) mass is 333 g/mol. The quantitative estimate of drug-likeness (QED) is 0.900. The van der Waals surface area contributed by atoms with E-state index in [9.17, 15) is 4.79 Å². The predicted molar refractivity (Wildman–Crippen MR) is 87.9 cm³/mol. The van der Waals surface area contributed by atoms with Crippen LogP contribution in [0.25, 0.3) is 11.4 Å². The number of aryl methyl sites for hydroxylation is 1. The fourth-order valence-corrected chi connectivity index (χ4v) is 2.52. The van der Waals surface area contributed by atoms with Crippen molar-refractivity contribution in [3.05, 3.63) is 34.7 Å². The van der Waals surface area contributed by atoms with Crippen LogP contribution in [0.15, 0.2) is 22.7 Å². The van der Waals surface area contributed by atoms with Gasteiger partial charge in [-0.05, 0) is 37.3 Å². The van der Waals surface area contributed by atoms with Crippen LogP contribution in [0.2, 0.25) is 5.02 Å². The summed E-state index contributed by atoms with van der Waals surface area (Å²) < 4.78 is 5.39. The largest absolute Gasteiger partial charge is 0.344 e. The second kappa shape index (κ2) is 6.32. The average molecular weight is 334 g/mol. The molecule has 0 radical (unpaired) electrons. The van der Waals surface area contributed by atoms with E-state index < -0.39 is 0 Å². The van der Waals surface area contributed by atoms with Gasteiger partial charge in [0.2, 0.25) is 17.6 Å². The summed E-state index contributed by atoms with van der Waals surface area (Å²) in [5, 5.41) is 7.71. The first-order valence-electron chi connectivity index (χ1n) is 7.86. The molecule has 6 heteroatoms. The first kappa shape index (κ1) is 16.0. The van der Waals surface area contributed by atoms with Crippen molar-refractivity contribution in [1.29, 1.82) is 0 Å². The average Bonchev–Trinajstić information content (AvgIpc) is 3.25. The second-order valence-electron chi connectivity index (χ2n) is 6.42. The summed E-state index contributed by atoms with van der Waals surface area (Å²) in [6.45, 7) is 5.98. The van der Waals surface area contributed by atoms with Crippen molar-refractivity contribution in [2.24, 2.45) is 11.8 Å². The number of amides is 1. The molecule has 0 spiro atoms. The van der Waals surface area contributed by atoms with Crippen LogP contribution in [0.1, 0.15) is 44.2 Å². The fourth-order valence-electron chi connectivity index (χ4n) is 2.34. The van der Waals surface area contributed by atoms with Crippen LogP contribution in [0, 0.1) is 18.8 Å². The van der Waals surface area contributed by atoms with Crippen molar-refractivity contribution in [2.75, 3.05) is 0 Å². The topological polar surface area (TPSA) is 68.0 Å². The number of carbonyl (C=O) groups is 1. The Kier molecular flexibility index (Phi) is 4.39. The van der Waals surface area contributed by atoms with Gasteiger partial charge in [-0.3, -0.25) is 4.79 Å². The molecule has 0 aliphatic heterocycles. The van der Waals surface area contributed by atoms with Crippen LogP contribution in [0.5, 0.6) is 0 Å². The van der Waals surface area contributed by atoms with Crippen LogP contribution in [0.4, 0.5) is 0 Å². The first-order valence-corrected chi connectivity index (χ1v) is 8.24. The molecular formula is C17H20ClN3O2. The maximum absolute atomic E-state index is 12.0. The van der Waals surface area contributed by atoms with Gasteiger partial charge in [0.25, 0.3) is 0 Å². The van der Waals surface area contributed by atoms with Gasteiger partial charge in [-0.1, -0.05) is 42.7 Å². The Morgan fingerprint density at radius 3 is 2.74 bits per heavy atom. The number of hydrogen-bond donors (Lipinski definition) is 1. The van der Waals surface area contributed by atoms with Gasteiger partial charge in [-0.15, -0.1) is 0 Å². The Morgan fingerprint density at radius 1 is 1.39 bits per heavy atom. The number of halogens is 1. The standard InChI is InChI=1S/C17H20ClN3O2/c1-9(2)14(19-16(22)11-6-7-11)17-20-15(21-23-17)12-5-4-10(3)13(18)8-12/h4-5,8-9,11,14H,6-7H2,1-3H3,(H,19,22)/t14-/m1/s1. The van der Waals surface area contributed by atoms with Crippen molar-refractivity contribution >= 4 is 17.5 Å². The molecule has 2 aromatic rings. The molecule has 1 heterocycles. The van der Waals surface area contributed by atoms with E-state index in [0.29, 0.717) is 16.7 Å². The summed E-state index contributed by atoms with van der Waals surface area (Å²) in [5.74, 6) is 1.29. The number of hydrogen-bond acceptors (Lipinski definition) is 4. The zero-order valence-electron chi connectivity index (χ0n) is 13.5. The Balaban J connectivity index is 1.82. The third-order valence-electron chi connectivity index (χ3n) is 4.05. The Bertz CT molecular complexity index is 722. The molecule has 5 nitrogen and oxygen atoms in total. The van der Waals surface area contributed by atoms with Crippen LogP contribution >= 0.6 is 11.6 Å². The Morgan fingerprint density at radius 2 is 2.13 bits per heavy atom. The van der Waals surface area contributed by atoms with Crippen LogP contribution in [-0.4, -0.2) is 16.0 Å². The summed E-state index contributed by atoms with van der Waals surface area (Å²) in [6.07, 6.45) is 1.93. The van der Waals surface area contributed by atoms with Gasteiger partial charge in [-0.25, -0.2) is 0 Å². The number of nitrogens with one attached hydrogen (secondary N) is 1. The minimum Gasteiger partial charge on any atom is -0.344 e. The molecule has 1 fully saturated rings. The third kappa shape index (κ3) is 3.55. The minimum atomic E-state index is -0.273. The summed E-state index contributed by atoms with van der Waals surface area (Å²) in [7, 11) is 0. The van der Waals surface area contributed by atoms with E-state index in [4.69, 9.17) is 16.1 Å². The maximum atomic E-state index is 12.0. The molecule has 0 unspecified atom stereocenters. The zero-order valence-corrected chi connectivity index (χ0v) is 14.2. The Labute approximate surface area is 140 Å². The molecule has 1 aromatic heterocycles. The molecule has 1 atom stereocenters. The highest BCUT2D eigenvalue weighted by Gasteiger charge is 2.33. The van der Waals surface area contributed by atoms with E-state index in [2.05, 4.69) is 15.5 Å². The van der Waals surface area contributed by atoms with E-state index in [-0.39, 0.29) is 23.8 Å². The minimum absolute atomic E-state index is 0.0711. The van der Waals surface area contributed by atoms with E-state index in [0.717, 1.165) is 24.0 Å². The van der Waals surface area contributed by atoms with Gasteiger partial charge in [0.1, 0.15) is 6.04 Å². The predicted octanol–water partition coefficient (Wildman–Crippen LogP) is 3.92. The molecule has 1 N–H and O–H groups in total. The van der Waals surface area contributed by atoms with Crippen molar-refractivity contribution in [1.82, 2.24) is 15.5 Å². The molecule has 23 heavy (non-hydrogen) atoms. The molecule has 1 aliphatic carbocycles. The molecule has 0 bridgehead atoms. The molecule has 0 saturated heterocycles.